The van der Waals surface area contributed by atoms with Crippen LogP contribution in [0.4, 0.5) is 18.2 Å². The van der Waals surface area contributed by atoms with E-state index in [4.69, 9.17) is 0 Å². The molecule has 0 aromatic carbocycles. The van der Waals surface area contributed by atoms with Crippen molar-refractivity contribution >= 4 is 28.2 Å². The first-order valence-electron chi connectivity index (χ1n) is 5.45. The minimum absolute atomic E-state index is 0.0720. The summed E-state index contributed by atoms with van der Waals surface area (Å²) >= 11 is 0.603. The predicted molar refractivity (Wildman–Crippen MR) is 65.8 cm³/mol. The second-order valence-corrected chi connectivity index (χ2v) is 4.43. The zero-order valence-electron chi connectivity index (χ0n) is 10.7. The average Bonchev–Trinajstić information content (AvgIpc) is 2.73. The lowest BCUT2D eigenvalue weighted by Crippen LogP contribution is -2.20. The van der Waals surface area contributed by atoms with Crippen molar-refractivity contribution in [2.75, 3.05) is 25.6 Å². The summed E-state index contributed by atoms with van der Waals surface area (Å²) in [6.45, 7) is 1.07. The number of esters is 1. The number of anilines is 1. The van der Waals surface area contributed by atoms with E-state index in [9.17, 15) is 22.8 Å². The lowest BCUT2D eigenvalue weighted by atomic mass is 10.2. The van der Waals surface area contributed by atoms with Crippen molar-refractivity contribution in [2.24, 2.45) is 0 Å². The van der Waals surface area contributed by atoms with E-state index in [2.05, 4.69) is 14.8 Å². The van der Waals surface area contributed by atoms with E-state index in [1.165, 1.54) is 14.0 Å². The number of methoxy groups -OCH3 is 1. The van der Waals surface area contributed by atoms with Crippen LogP contribution in [-0.2, 0) is 20.4 Å². The van der Waals surface area contributed by atoms with E-state index in [-0.39, 0.29) is 18.2 Å². The molecule has 20 heavy (non-hydrogen) atoms. The summed E-state index contributed by atoms with van der Waals surface area (Å²) in [5, 5.41) is 2.75. The number of rotatable bonds is 5. The van der Waals surface area contributed by atoms with Gasteiger partial charge >= 0.3 is 12.1 Å². The van der Waals surface area contributed by atoms with E-state index < -0.39 is 29.2 Å². The topological polar surface area (TPSA) is 64.6 Å². The Kier molecular flexibility index (Phi) is 5.52. The molecule has 0 unspecified atom stereocenters. The van der Waals surface area contributed by atoms with Gasteiger partial charge in [0.2, 0.25) is 0 Å². The van der Waals surface area contributed by atoms with Crippen LogP contribution in [0, 0.1) is 0 Å². The molecule has 0 saturated heterocycles. The fraction of sp³-hybridized carbons (Fsp3) is 0.455. The molecule has 0 bridgehead atoms. The summed E-state index contributed by atoms with van der Waals surface area (Å²) in [4.78, 5) is 23.0. The van der Waals surface area contributed by atoms with E-state index >= 15 is 0 Å². The lowest BCUT2D eigenvalue weighted by molar-refractivity contribution is -0.137. The summed E-state index contributed by atoms with van der Waals surface area (Å²) in [6.07, 6.45) is -4.71. The maximum atomic E-state index is 12.8. The van der Waals surface area contributed by atoms with Crippen molar-refractivity contribution in [3.8, 4) is 0 Å². The van der Waals surface area contributed by atoms with E-state index in [0.29, 0.717) is 11.3 Å². The van der Waals surface area contributed by atoms with Gasteiger partial charge in [-0.25, -0.2) is 4.79 Å². The monoisotopic (exact) mass is 311 g/mol. The van der Waals surface area contributed by atoms with Crippen molar-refractivity contribution in [3.63, 3.8) is 0 Å². The van der Waals surface area contributed by atoms with Gasteiger partial charge in [-0.15, -0.1) is 11.3 Å². The third kappa shape index (κ3) is 3.94. The van der Waals surface area contributed by atoms with Crippen molar-refractivity contribution in [1.29, 1.82) is 0 Å². The maximum absolute atomic E-state index is 12.8. The fourth-order valence-electron chi connectivity index (χ4n) is 1.36. The highest BCUT2D eigenvalue weighted by Crippen LogP contribution is 2.39. The fourth-order valence-corrected chi connectivity index (χ4v) is 2.33. The van der Waals surface area contributed by atoms with Crippen molar-refractivity contribution in [2.45, 2.75) is 13.1 Å². The van der Waals surface area contributed by atoms with E-state index in [0.717, 1.165) is 5.38 Å². The minimum atomic E-state index is -4.71. The normalized spacial score (nSPS) is 11.2. The van der Waals surface area contributed by atoms with Gasteiger partial charge in [-0.05, 0) is 6.92 Å². The van der Waals surface area contributed by atoms with Gasteiger partial charge in [-0.3, -0.25) is 4.79 Å². The molecule has 1 aromatic rings. The third-order valence-corrected chi connectivity index (χ3v) is 3.00. The number of nitrogens with one attached hydrogen (secondary N) is 1. The second kappa shape index (κ2) is 6.71. The van der Waals surface area contributed by atoms with Gasteiger partial charge in [0.25, 0.3) is 5.91 Å². The first kappa shape index (κ1) is 16.4. The van der Waals surface area contributed by atoms with Crippen LogP contribution in [0.15, 0.2) is 5.38 Å². The average molecular weight is 311 g/mol. The largest absolute Gasteiger partial charge is 0.462 e. The van der Waals surface area contributed by atoms with Crippen molar-refractivity contribution < 1.29 is 32.2 Å². The van der Waals surface area contributed by atoms with Gasteiger partial charge in [0.1, 0.15) is 17.2 Å². The smallest absolute Gasteiger partial charge is 0.418 e. The number of alkyl halides is 3. The van der Waals surface area contributed by atoms with Crippen LogP contribution in [0.5, 0.6) is 0 Å². The standard InChI is InChI=1S/C11H12F3NO4S/c1-3-19-10(17)8-6(11(12,13)14)5-20-9(8)15-7(16)4-18-2/h5H,3-4H2,1-2H3,(H,15,16). The first-order valence-corrected chi connectivity index (χ1v) is 6.33. The molecule has 0 fully saturated rings. The molecule has 0 atom stereocenters. The van der Waals surface area contributed by atoms with E-state index in [1.807, 2.05) is 0 Å². The van der Waals surface area contributed by atoms with E-state index in [1.54, 1.807) is 0 Å². The number of carbonyl (C=O) groups is 2. The zero-order chi connectivity index (χ0) is 15.3. The van der Waals surface area contributed by atoms with Crippen LogP contribution in [0.1, 0.15) is 22.8 Å². The molecule has 1 aromatic heterocycles. The summed E-state index contributed by atoms with van der Waals surface area (Å²) in [5.41, 5.74) is -1.82. The molecule has 0 saturated carbocycles. The summed E-state index contributed by atoms with van der Waals surface area (Å²) < 4.78 is 47.6. The van der Waals surface area contributed by atoms with Crippen LogP contribution in [-0.4, -0.2) is 32.2 Å². The van der Waals surface area contributed by atoms with Crippen molar-refractivity contribution in [3.05, 3.63) is 16.5 Å². The molecule has 0 spiro atoms. The van der Waals surface area contributed by atoms with Crippen molar-refractivity contribution in [1.82, 2.24) is 0 Å². The predicted octanol–water partition coefficient (Wildman–Crippen LogP) is 2.53. The number of ether oxygens (including phenoxy) is 2. The molecule has 1 amide bonds. The SMILES string of the molecule is CCOC(=O)c1c(C(F)(F)F)csc1NC(=O)COC. The highest BCUT2D eigenvalue weighted by molar-refractivity contribution is 7.15. The Morgan fingerprint density at radius 1 is 1.40 bits per heavy atom. The van der Waals surface area contributed by atoms with Crippen LogP contribution < -0.4 is 5.32 Å². The van der Waals surface area contributed by atoms with Crippen LogP contribution >= 0.6 is 11.3 Å². The molecule has 9 heteroatoms. The first-order chi connectivity index (χ1) is 9.31. The Balaban J connectivity index is 3.15. The third-order valence-electron chi connectivity index (χ3n) is 2.10. The number of amides is 1. The second-order valence-electron chi connectivity index (χ2n) is 3.55. The lowest BCUT2D eigenvalue weighted by Gasteiger charge is -2.10. The Labute approximate surface area is 116 Å². The number of thiophene rings is 1. The molecule has 1 rings (SSSR count). The van der Waals surface area contributed by atoms with Crippen LogP contribution in [0.2, 0.25) is 0 Å². The molecule has 0 aliphatic heterocycles. The van der Waals surface area contributed by atoms with Gasteiger partial charge in [0, 0.05) is 12.5 Å². The Morgan fingerprint density at radius 3 is 2.55 bits per heavy atom. The number of carbonyl (C=O) groups excluding carboxylic acids is 2. The van der Waals surface area contributed by atoms with Gasteiger partial charge in [-0.2, -0.15) is 13.2 Å². The molecule has 112 valence electrons. The highest BCUT2D eigenvalue weighted by Gasteiger charge is 2.39. The number of hydrogen-bond donors (Lipinski definition) is 1. The van der Waals surface area contributed by atoms with Gasteiger partial charge in [0.15, 0.2) is 0 Å². The molecular weight excluding hydrogens is 299 g/mol. The quantitative estimate of drug-likeness (QED) is 0.849. The number of halogens is 3. The molecule has 0 radical (unpaired) electrons. The summed E-state index contributed by atoms with van der Waals surface area (Å²) in [7, 11) is 1.27. The Bertz CT molecular complexity index is 498. The Morgan fingerprint density at radius 2 is 2.05 bits per heavy atom. The van der Waals surface area contributed by atoms with Gasteiger partial charge < -0.3 is 14.8 Å². The molecule has 1 heterocycles. The molecule has 0 aliphatic rings. The van der Waals surface area contributed by atoms with Crippen LogP contribution in [0.3, 0.4) is 0 Å². The van der Waals surface area contributed by atoms with Gasteiger partial charge in [-0.1, -0.05) is 0 Å². The summed E-state index contributed by atoms with van der Waals surface area (Å²) in [5.74, 6) is -1.79. The molecule has 5 nitrogen and oxygen atoms in total. The minimum Gasteiger partial charge on any atom is -0.462 e. The zero-order valence-corrected chi connectivity index (χ0v) is 11.5. The Hall–Kier alpha value is -1.61. The summed E-state index contributed by atoms with van der Waals surface area (Å²) in [6, 6.07) is 0. The molecule has 1 N–H and O–H groups in total. The number of hydrogen-bond acceptors (Lipinski definition) is 5. The molecular formula is C11H12F3NO4S. The highest BCUT2D eigenvalue weighted by atomic mass is 32.1. The maximum Gasteiger partial charge on any atom is 0.418 e. The molecule has 0 aliphatic carbocycles. The van der Waals surface area contributed by atoms with Gasteiger partial charge in [0.05, 0.1) is 12.2 Å². The van der Waals surface area contributed by atoms with Crippen LogP contribution in [0.25, 0.3) is 0 Å².